The third kappa shape index (κ3) is 5.59. The molecule has 2 aromatic heterocycles. The van der Waals surface area contributed by atoms with E-state index in [0.717, 1.165) is 71.7 Å². The number of fused-ring (bicyclic) bond motifs is 1. The normalized spacial score (nSPS) is 16.6. The molecule has 1 N–H and O–H groups in total. The summed E-state index contributed by atoms with van der Waals surface area (Å²) in [5.74, 6) is 1.75. The maximum absolute atomic E-state index is 12.0. The first kappa shape index (κ1) is 24.8. The Morgan fingerprint density at radius 1 is 1.08 bits per heavy atom. The number of nitrogens with zero attached hydrogens (tertiary/aromatic N) is 5. The maximum atomic E-state index is 12.0. The van der Waals surface area contributed by atoms with Crippen LogP contribution >= 0.6 is 0 Å². The minimum atomic E-state index is 0.0879. The summed E-state index contributed by atoms with van der Waals surface area (Å²) in [6.45, 7) is 7.09. The van der Waals surface area contributed by atoms with Gasteiger partial charge in [-0.15, -0.1) is 0 Å². The Hall–Kier alpha value is -3.91. The van der Waals surface area contributed by atoms with Gasteiger partial charge in [0.05, 0.1) is 12.7 Å². The molecule has 2 aromatic carbocycles. The number of anilines is 3. The van der Waals surface area contributed by atoms with E-state index in [-0.39, 0.29) is 5.91 Å². The highest BCUT2D eigenvalue weighted by Gasteiger charge is 2.27. The van der Waals surface area contributed by atoms with Crippen molar-refractivity contribution in [2.24, 2.45) is 13.0 Å². The number of nitrogens with one attached hydrogen (secondary N) is 1. The average Bonchev–Trinajstić information content (AvgIpc) is 3.67. The van der Waals surface area contributed by atoms with Gasteiger partial charge in [0.15, 0.2) is 5.82 Å². The number of para-hydroxylation sites is 1. The van der Waals surface area contributed by atoms with Crippen molar-refractivity contribution in [1.82, 2.24) is 24.9 Å². The Bertz CT molecular complexity index is 1320. The highest BCUT2D eigenvalue weighted by atomic mass is 16.5. The highest BCUT2D eigenvalue weighted by Crippen LogP contribution is 2.38. The van der Waals surface area contributed by atoms with Gasteiger partial charge in [0.2, 0.25) is 5.91 Å². The van der Waals surface area contributed by atoms with Crippen LogP contribution in [0.5, 0.6) is 0 Å². The lowest BCUT2D eigenvalue weighted by Gasteiger charge is -2.29. The lowest BCUT2D eigenvalue weighted by Crippen LogP contribution is -2.34. The van der Waals surface area contributed by atoms with Crippen molar-refractivity contribution in [3.63, 3.8) is 0 Å². The van der Waals surface area contributed by atoms with E-state index in [9.17, 15) is 4.79 Å². The number of carbonyl (C=O) groups excluding carboxylic acids is 1. The molecule has 1 saturated heterocycles. The number of benzene rings is 2. The van der Waals surface area contributed by atoms with Crippen molar-refractivity contribution in [2.45, 2.75) is 33.2 Å². The van der Waals surface area contributed by atoms with Crippen molar-refractivity contribution in [1.29, 1.82) is 0 Å². The number of H-pyrrole nitrogens is 1. The Labute approximate surface area is 217 Å². The number of rotatable bonds is 4. The summed E-state index contributed by atoms with van der Waals surface area (Å²) in [6, 6.07) is 18.6. The van der Waals surface area contributed by atoms with E-state index >= 15 is 0 Å². The Kier molecular flexibility index (Phi) is 7.37. The number of aromatic amines is 1. The van der Waals surface area contributed by atoms with Crippen molar-refractivity contribution in [2.75, 3.05) is 24.7 Å². The van der Waals surface area contributed by atoms with Crippen LogP contribution in [0, 0.1) is 5.92 Å². The minimum Gasteiger partial charge on any atom is -0.381 e. The predicted molar refractivity (Wildman–Crippen MR) is 145 cm³/mol. The van der Waals surface area contributed by atoms with Gasteiger partial charge in [0.1, 0.15) is 0 Å². The number of hydrogen-bond donors (Lipinski definition) is 1. The fourth-order valence-corrected chi connectivity index (χ4v) is 4.73. The quantitative estimate of drug-likeness (QED) is 0.417. The molecule has 8 nitrogen and oxygen atoms in total. The molecule has 1 fully saturated rings. The summed E-state index contributed by atoms with van der Waals surface area (Å²) in [5, 5.41) is 12.2. The van der Waals surface area contributed by atoms with E-state index in [1.165, 1.54) is 6.42 Å². The van der Waals surface area contributed by atoms with E-state index in [1.807, 2.05) is 42.5 Å². The number of aryl methyl sites for hydroxylation is 1. The molecule has 8 heteroatoms. The molecule has 1 amide bonds. The lowest BCUT2D eigenvalue weighted by atomic mass is 10.1. The van der Waals surface area contributed by atoms with Crippen LogP contribution in [-0.2, 0) is 29.5 Å². The summed E-state index contributed by atoms with van der Waals surface area (Å²) >= 11 is 0. The van der Waals surface area contributed by atoms with Crippen LogP contribution in [0.15, 0.2) is 67.0 Å². The van der Waals surface area contributed by atoms with E-state index < -0.39 is 0 Å². The zero-order chi connectivity index (χ0) is 25.8. The van der Waals surface area contributed by atoms with Gasteiger partial charge in [-0.05, 0) is 42.2 Å². The molecule has 0 spiro atoms. The van der Waals surface area contributed by atoms with Gasteiger partial charge in [-0.2, -0.15) is 10.2 Å². The number of aromatic nitrogens is 4. The van der Waals surface area contributed by atoms with Crippen LogP contribution in [-0.4, -0.2) is 50.5 Å². The van der Waals surface area contributed by atoms with Gasteiger partial charge in [0.25, 0.3) is 0 Å². The molecule has 4 heterocycles. The Balaban J connectivity index is 0.000000412. The fraction of sp³-hybridized carbons (Fsp3) is 0.345. The third-order valence-corrected chi connectivity index (χ3v) is 6.90. The second-order valence-corrected chi connectivity index (χ2v) is 9.78. The van der Waals surface area contributed by atoms with E-state index in [1.54, 1.807) is 11.6 Å². The van der Waals surface area contributed by atoms with Crippen LogP contribution in [0.3, 0.4) is 0 Å². The smallest absolute Gasteiger partial charge is 0.219 e. The second kappa shape index (κ2) is 11.0. The van der Waals surface area contributed by atoms with E-state index in [4.69, 9.17) is 4.74 Å². The molecule has 0 unspecified atom stereocenters. The zero-order valence-corrected chi connectivity index (χ0v) is 21.7. The number of carbonyl (C=O) groups is 1. The van der Waals surface area contributed by atoms with E-state index in [0.29, 0.717) is 6.54 Å². The van der Waals surface area contributed by atoms with Crippen molar-refractivity contribution in [3.05, 3.63) is 78.2 Å². The lowest BCUT2D eigenvalue weighted by molar-refractivity contribution is -0.129. The number of hydrogen-bond acceptors (Lipinski definition) is 5. The Morgan fingerprint density at radius 3 is 2.43 bits per heavy atom. The van der Waals surface area contributed by atoms with E-state index in [2.05, 4.69) is 63.5 Å². The molecule has 0 aliphatic carbocycles. The highest BCUT2D eigenvalue weighted by molar-refractivity contribution is 5.79. The number of ether oxygens (including phenoxy) is 1. The third-order valence-electron chi connectivity index (χ3n) is 6.90. The maximum Gasteiger partial charge on any atom is 0.219 e. The fourth-order valence-electron chi connectivity index (χ4n) is 4.73. The molecule has 6 rings (SSSR count). The predicted octanol–water partition coefficient (Wildman–Crippen LogP) is 5.23. The standard InChI is InChI=1S/C24H24N6O.C5H10O/c1-17(31)29-13-12-23-22(16-29)24(27-26-23)30(20-6-4-3-5-7-20)21-10-8-18(9-11-21)19-14-25-28(2)15-19;1-5-2-3-6-4-5/h3-11,14-15H,12-13,16H2,1-2H3,(H,26,27);5H,2-4H2,1H3/t;5-/m.0/s1. The molecule has 192 valence electrons. The van der Waals surface area contributed by atoms with Crippen molar-refractivity contribution >= 4 is 23.1 Å². The monoisotopic (exact) mass is 498 g/mol. The number of amides is 1. The van der Waals surface area contributed by atoms with Gasteiger partial charge in [0, 0.05) is 74.5 Å². The topological polar surface area (TPSA) is 79.3 Å². The minimum absolute atomic E-state index is 0.0879. The molecular weight excluding hydrogens is 464 g/mol. The van der Waals surface area contributed by atoms with Crippen molar-refractivity contribution < 1.29 is 9.53 Å². The molecule has 0 radical (unpaired) electrons. The first-order valence-corrected chi connectivity index (χ1v) is 12.8. The first-order chi connectivity index (χ1) is 18.0. The summed E-state index contributed by atoms with van der Waals surface area (Å²) in [4.78, 5) is 16.0. The molecule has 2 aliphatic heterocycles. The van der Waals surface area contributed by atoms with Gasteiger partial charge < -0.3 is 9.64 Å². The second-order valence-electron chi connectivity index (χ2n) is 9.78. The van der Waals surface area contributed by atoms with Crippen LogP contribution in [0.25, 0.3) is 11.1 Å². The van der Waals surface area contributed by atoms with Gasteiger partial charge >= 0.3 is 0 Å². The molecular formula is C29H34N6O2. The molecule has 4 aromatic rings. The summed E-state index contributed by atoms with van der Waals surface area (Å²) in [6.07, 6.45) is 5.92. The first-order valence-electron chi connectivity index (χ1n) is 12.8. The van der Waals surface area contributed by atoms with Crippen molar-refractivity contribution in [3.8, 4) is 11.1 Å². The molecule has 2 aliphatic rings. The van der Waals surface area contributed by atoms with Crippen LogP contribution in [0.2, 0.25) is 0 Å². The Morgan fingerprint density at radius 2 is 1.84 bits per heavy atom. The SMILES string of the molecule is CC(=O)N1CCc2[nH]nc(N(c3ccccc3)c3ccc(-c4cnn(C)c4)cc3)c2C1.C[C@H]1CCOC1. The largest absolute Gasteiger partial charge is 0.381 e. The van der Waals surface area contributed by atoms with Gasteiger partial charge in [-0.1, -0.05) is 37.3 Å². The summed E-state index contributed by atoms with van der Waals surface area (Å²) in [7, 11) is 1.92. The van der Waals surface area contributed by atoms with Gasteiger partial charge in [-0.3, -0.25) is 19.5 Å². The average molecular weight is 499 g/mol. The zero-order valence-electron chi connectivity index (χ0n) is 21.7. The summed E-state index contributed by atoms with van der Waals surface area (Å²) in [5.41, 5.74) is 6.38. The molecule has 0 saturated carbocycles. The molecule has 1 atom stereocenters. The van der Waals surface area contributed by atoms with Crippen LogP contribution < -0.4 is 4.90 Å². The van der Waals surface area contributed by atoms with Gasteiger partial charge in [-0.25, -0.2) is 0 Å². The molecule has 0 bridgehead atoms. The molecule has 37 heavy (non-hydrogen) atoms. The summed E-state index contributed by atoms with van der Waals surface area (Å²) < 4.78 is 6.86. The van der Waals surface area contributed by atoms with Crippen LogP contribution in [0.4, 0.5) is 17.2 Å². The van der Waals surface area contributed by atoms with Crippen LogP contribution in [0.1, 0.15) is 31.5 Å².